The minimum absolute atomic E-state index is 0. The van der Waals surface area contributed by atoms with Crippen molar-refractivity contribution < 1.29 is 21.9 Å². The zero-order valence-corrected chi connectivity index (χ0v) is 8.86. The molecule has 0 spiro atoms. The summed E-state index contributed by atoms with van der Waals surface area (Å²) in [6.45, 7) is 2.01. The number of hydrogen-bond donors (Lipinski definition) is 1. The number of carbonyl (C=O) groups is 1. The first kappa shape index (κ1) is 13.2. The van der Waals surface area contributed by atoms with Gasteiger partial charge in [0.2, 0.25) is 5.39 Å². The quantitative estimate of drug-likeness (QED) is 0.709. The normalized spacial score (nSPS) is 8.27. The summed E-state index contributed by atoms with van der Waals surface area (Å²) in [5, 5.41) is 11.0. The van der Waals surface area contributed by atoms with Gasteiger partial charge in [0.05, 0.1) is 6.61 Å². The van der Waals surface area contributed by atoms with Crippen LogP contribution in [0.2, 0.25) is 0 Å². The molecule has 0 atom stereocenters. The molecule has 0 radical (unpaired) electrons. The van der Waals surface area contributed by atoms with Crippen LogP contribution in [0.3, 0.4) is 0 Å². The van der Waals surface area contributed by atoms with E-state index in [1.807, 2.05) is 0 Å². The van der Waals surface area contributed by atoms with Crippen molar-refractivity contribution in [1.82, 2.24) is 0 Å². The number of ether oxygens (including phenoxy) is 1. The van der Waals surface area contributed by atoms with Crippen molar-refractivity contribution in [2.45, 2.75) is 6.92 Å². The number of hydrogen-bond acceptors (Lipinski definition) is 3. The molecule has 0 fully saturated rings. The van der Waals surface area contributed by atoms with Crippen molar-refractivity contribution in [3.05, 3.63) is 29.2 Å². The topological polar surface area (TPSA) is 66.5 Å². The molecule has 1 aromatic carbocycles. The SMILES string of the molecule is CCOC(=O)Nc1ccccc1[N+]#N.[Cl-]. The van der Waals surface area contributed by atoms with Gasteiger partial charge in [-0.15, -0.1) is 0 Å². The number of para-hydroxylation sites is 1. The molecule has 5 nitrogen and oxygen atoms in total. The summed E-state index contributed by atoms with van der Waals surface area (Å²) in [7, 11) is 0. The number of benzene rings is 1. The van der Waals surface area contributed by atoms with Crippen molar-refractivity contribution in [3.63, 3.8) is 0 Å². The molecule has 0 saturated carbocycles. The number of rotatable bonds is 2. The Labute approximate surface area is 93.5 Å². The number of anilines is 1. The van der Waals surface area contributed by atoms with Gasteiger partial charge in [-0.2, -0.15) is 0 Å². The molecule has 0 aliphatic carbocycles. The van der Waals surface area contributed by atoms with E-state index in [2.05, 4.69) is 15.0 Å². The van der Waals surface area contributed by atoms with E-state index < -0.39 is 6.09 Å². The van der Waals surface area contributed by atoms with E-state index in [1.54, 1.807) is 31.2 Å². The maximum absolute atomic E-state index is 11.0. The summed E-state index contributed by atoms with van der Waals surface area (Å²) in [5.74, 6) is 0. The van der Waals surface area contributed by atoms with Crippen LogP contribution < -0.4 is 17.7 Å². The van der Waals surface area contributed by atoms with E-state index >= 15 is 0 Å². The van der Waals surface area contributed by atoms with Crippen LogP contribution in [0, 0.1) is 5.39 Å². The van der Waals surface area contributed by atoms with Gasteiger partial charge in [-0.1, -0.05) is 12.1 Å². The molecular formula is C9H10ClN3O2. The van der Waals surface area contributed by atoms with Crippen molar-refractivity contribution in [3.8, 4) is 0 Å². The van der Waals surface area contributed by atoms with Gasteiger partial charge in [0, 0.05) is 6.07 Å². The highest BCUT2D eigenvalue weighted by Gasteiger charge is 2.14. The van der Waals surface area contributed by atoms with Gasteiger partial charge in [-0.25, -0.2) is 4.79 Å². The summed E-state index contributed by atoms with van der Waals surface area (Å²) < 4.78 is 4.67. The Bertz CT molecular complexity index is 376. The fraction of sp³-hybridized carbons (Fsp3) is 0.222. The maximum Gasteiger partial charge on any atom is 0.411 e. The second-order valence-electron chi connectivity index (χ2n) is 2.46. The Balaban J connectivity index is 0.00000196. The fourth-order valence-corrected chi connectivity index (χ4v) is 0.944. The molecule has 15 heavy (non-hydrogen) atoms. The first-order chi connectivity index (χ1) is 6.77. The largest absolute Gasteiger partial charge is 1.00 e. The van der Waals surface area contributed by atoms with Crippen LogP contribution in [-0.2, 0) is 4.74 Å². The van der Waals surface area contributed by atoms with E-state index in [4.69, 9.17) is 5.39 Å². The van der Waals surface area contributed by atoms with Gasteiger partial charge < -0.3 is 17.1 Å². The van der Waals surface area contributed by atoms with Crippen LogP contribution in [0.15, 0.2) is 24.3 Å². The number of diazo groups is 1. The summed E-state index contributed by atoms with van der Waals surface area (Å²) >= 11 is 0. The molecule has 1 rings (SSSR count). The monoisotopic (exact) mass is 227 g/mol. The minimum atomic E-state index is -0.566. The number of amides is 1. The lowest BCUT2D eigenvalue weighted by molar-refractivity contribution is -0.00000871. The average Bonchev–Trinajstić information content (AvgIpc) is 2.19. The smallest absolute Gasteiger partial charge is 0.411 e. The van der Waals surface area contributed by atoms with Crippen molar-refractivity contribution in [1.29, 1.82) is 5.39 Å². The van der Waals surface area contributed by atoms with Crippen LogP contribution in [0.4, 0.5) is 16.2 Å². The predicted octanol–water partition coefficient (Wildman–Crippen LogP) is -0.256. The second-order valence-corrected chi connectivity index (χ2v) is 2.46. The highest BCUT2D eigenvalue weighted by Crippen LogP contribution is 2.23. The Kier molecular flexibility index (Phi) is 5.83. The first-order valence-electron chi connectivity index (χ1n) is 4.15. The Hall–Kier alpha value is -1.80. The molecule has 0 saturated heterocycles. The Morgan fingerprint density at radius 1 is 1.53 bits per heavy atom. The number of nitrogens with one attached hydrogen (secondary N) is 1. The van der Waals surface area contributed by atoms with Gasteiger partial charge >= 0.3 is 11.8 Å². The molecule has 0 bridgehead atoms. The molecule has 0 aliphatic rings. The summed E-state index contributed by atoms with van der Waals surface area (Å²) in [6, 6.07) is 6.61. The molecular weight excluding hydrogens is 218 g/mol. The molecule has 0 aromatic heterocycles. The standard InChI is InChI=1S/C9H9N3O2.ClH/c1-2-14-9(13)11-7-5-3-4-6-8(7)12-10;/h3-6H,2H2,1H3;1H. The average molecular weight is 228 g/mol. The Morgan fingerprint density at radius 3 is 2.80 bits per heavy atom. The molecule has 0 heterocycles. The Morgan fingerprint density at radius 2 is 2.20 bits per heavy atom. The van der Waals surface area contributed by atoms with Crippen LogP contribution in [0.1, 0.15) is 6.92 Å². The number of carbonyl (C=O) groups excluding carboxylic acids is 1. The van der Waals surface area contributed by atoms with Gasteiger partial charge in [-0.3, -0.25) is 5.32 Å². The van der Waals surface area contributed by atoms with Gasteiger partial charge in [0.25, 0.3) is 0 Å². The van der Waals surface area contributed by atoms with E-state index in [9.17, 15) is 4.79 Å². The third-order valence-electron chi connectivity index (χ3n) is 1.52. The summed E-state index contributed by atoms with van der Waals surface area (Å²) in [6.07, 6.45) is -0.566. The molecule has 80 valence electrons. The minimum Gasteiger partial charge on any atom is -1.00 e. The van der Waals surface area contributed by atoms with E-state index in [-0.39, 0.29) is 12.4 Å². The lowest BCUT2D eigenvalue weighted by Gasteiger charge is -2.01. The van der Waals surface area contributed by atoms with E-state index in [1.165, 1.54) is 0 Å². The molecule has 1 aromatic rings. The third-order valence-corrected chi connectivity index (χ3v) is 1.52. The van der Waals surface area contributed by atoms with Crippen LogP contribution in [-0.4, -0.2) is 12.7 Å². The van der Waals surface area contributed by atoms with Crippen LogP contribution in [0.5, 0.6) is 0 Å². The number of nitrogens with zero attached hydrogens (tertiary/aromatic N) is 2. The van der Waals surface area contributed by atoms with Gasteiger partial charge in [0.15, 0.2) is 4.98 Å². The molecule has 1 amide bonds. The van der Waals surface area contributed by atoms with Crippen molar-refractivity contribution >= 4 is 17.5 Å². The van der Waals surface area contributed by atoms with Crippen molar-refractivity contribution in [2.24, 2.45) is 0 Å². The van der Waals surface area contributed by atoms with Crippen molar-refractivity contribution in [2.75, 3.05) is 11.9 Å². The zero-order valence-electron chi connectivity index (χ0n) is 8.11. The number of halogens is 1. The fourth-order valence-electron chi connectivity index (χ4n) is 0.944. The zero-order chi connectivity index (χ0) is 10.4. The predicted molar refractivity (Wildman–Crippen MR) is 51.8 cm³/mol. The van der Waals surface area contributed by atoms with Gasteiger partial charge in [-0.05, 0) is 13.0 Å². The van der Waals surface area contributed by atoms with Crippen LogP contribution >= 0.6 is 0 Å². The first-order valence-corrected chi connectivity index (χ1v) is 4.15. The van der Waals surface area contributed by atoms with Gasteiger partial charge in [0.1, 0.15) is 5.69 Å². The molecule has 1 N–H and O–H groups in total. The lowest BCUT2D eigenvalue weighted by Crippen LogP contribution is -3.00. The lowest BCUT2D eigenvalue weighted by atomic mass is 10.3. The third kappa shape index (κ3) is 3.83. The highest BCUT2D eigenvalue weighted by molar-refractivity contribution is 5.89. The van der Waals surface area contributed by atoms with E-state index in [0.29, 0.717) is 18.0 Å². The second kappa shape index (κ2) is 6.62. The molecule has 6 heteroatoms. The molecule has 0 aliphatic heterocycles. The summed E-state index contributed by atoms with van der Waals surface area (Å²) in [5.41, 5.74) is 0.703. The highest BCUT2D eigenvalue weighted by atomic mass is 35.5. The summed E-state index contributed by atoms with van der Waals surface area (Å²) in [4.78, 5) is 14.0. The van der Waals surface area contributed by atoms with Crippen LogP contribution in [0.25, 0.3) is 4.98 Å². The maximum atomic E-state index is 11.0. The molecule has 0 unspecified atom stereocenters. The van der Waals surface area contributed by atoms with E-state index in [0.717, 1.165) is 0 Å².